The van der Waals surface area contributed by atoms with Gasteiger partial charge < -0.3 is 5.32 Å². The number of hydrogen-bond acceptors (Lipinski definition) is 5. The van der Waals surface area contributed by atoms with Crippen LogP contribution in [0.4, 0.5) is 0 Å². The topological polar surface area (TPSA) is 53.8 Å². The second kappa shape index (κ2) is 3.14. The Labute approximate surface area is 80.9 Å². The summed E-state index contributed by atoms with van der Waals surface area (Å²) in [6.07, 6.45) is 0.750. The van der Waals surface area contributed by atoms with E-state index in [1.54, 1.807) is 0 Å². The van der Waals surface area contributed by atoms with Gasteiger partial charge in [-0.3, -0.25) is 4.99 Å². The molecule has 0 amide bonds. The van der Waals surface area contributed by atoms with Crippen molar-refractivity contribution in [1.82, 2.24) is 5.32 Å². The molecule has 70 valence electrons. The van der Waals surface area contributed by atoms with Crippen molar-refractivity contribution >= 4 is 17.6 Å². The fraction of sp³-hybridized carbons (Fsp3) is 0.625. The van der Waals surface area contributed by atoms with Crippen LogP contribution in [0.15, 0.2) is 20.8 Å². The normalized spacial score (nSPS) is 32.3. The smallest absolute Gasteiger partial charge is 0.144 e. The SMILES string of the molecule is CC1=NC2CC(N=O)SC2=C(C)N1. The molecule has 5 heteroatoms. The Hall–Kier alpha value is -0.840. The lowest BCUT2D eigenvalue weighted by molar-refractivity contribution is 0.701. The molecule has 0 aromatic heterocycles. The minimum atomic E-state index is -0.147. The van der Waals surface area contributed by atoms with E-state index in [4.69, 9.17) is 0 Å². The van der Waals surface area contributed by atoms with Crippen LogP contribution < -0.4 is 5.32 Å². The maximum atomic E-state index is 10.4. The first-order valence-electron chi connectivity index (χ1n) is 4.22. The van der Waals surface area contributed by atoms with Crippen molar-refractivity contribution in [2.45, 2.75) is 31.7 Å². The van der Waals surface area contributed by atoms with Gasteiger partial charge in [0, 0.05) is 17.0 Å². The Morgan fingerprint density at radius 3 is 3.08 bits per heavy atom. The highest BCUT2D eigenvalue weighted by atomic mass is 32.2. The zero-order valence-electron chi connectivity index (χ0n) is 7.57. The molecule has 0 aromatic rings. The van der Waals surface area contributed by atoms with E-state index in [1.165, 1.54) is 16.7 Å². The Kier molecular flexibility index (Phi) is 2.11. The van der Waals surface area contributed by atoms with Gasteiger partial charge in [-0.1, -0.05) is 16.9 Å². The second-order valence-electron chi connectivity index (χ2n) is 3.26. The molecule has 1 saturated heterocycles. The molecule has 2 heterocycles. The molecule has 2 aliphatic heterocycles. The average Bonchev–Trinajstić information content (AvgIpc) is 2.47. The molecule has 2 rings (SSSR count). The van der Waals surface area contributed by atoms with E-state index in [9.17, 15) is 4.91 Å². The van der Waals surface area contributed by atoms with Crippen LogP contribution in [0.1, 0.15) is 20.3 Å². The molecular formula is C8H11N3OS. The van der Waals surface area contributed by atoms with E-state index in [0.717, 1.165) is 18.0 Å². The third kappa shape index (κ3) is 1.48. The van der Waals surface area contributed by atoms with Crippen LogP contribution in [0.2, 0.25) is 0 Å². The van der Waals surface area contributed by atoms with Crippen molar-refractivity contribution in [3.05, 3.63) is 15.5 Å². The van der Waals surface area contributed by atoms with E-state index in [-0.39, 0.29) is 11.4 Å². The summed E-state index contributed by atoms with van der Waals surface area (Å²) in [6, 6.07) is 0.175. The largest absolute Gasteiger partial charge is 0.347 e. The number of nitroso groups, excluding NO2 is 1. The van der Waals surface area contributed by atoms with Gasteiger partial charge in [-0.25, -0.2) is 0 Å². The fourth-order valence-corrected chi connectivity index (χ4v) is 2.83. The minimum absolute atomic E-state index is 0.147. The number of allylic oxidation sites excluding steroid dienone is 1. The molecule has 2 aliphatic rings. The molecule has 13 heavy (non-hydrogen) atoms. The summed E-state index contributed by atoms with van der Waals surface area (Å²) in [6.45, 7) is 3.95. The van der Waals surface area contributed by atoms with E-state index >= 15 is 0 Å². The summed E-state index contributed by atoms with van der Waals surface area (Å²) in [5.74, 6) is 0.929. The number of rotatable bonds is 1. The molecule has 0 aliphatic carbocycles. The molecule has 0 spiro atoms. The van der Waals surface area contributed by atoms with Gasteiger partial charge >= 0.3 is 0 Å². The van der Waals surface area contributed by atoms with Crippen LogP contribution in [0, 0.1) is 4.91 Å². The van der Waals surface area contributed by atoms with Crippen molar-refractivity contribution < 1.29 is 0 Å². The number of fused-ring (bicyclic) bond motifs is 1. The maximum absolute atomic E-state index is 10.4. The highest BCUT2D eigenvalue weighted by Crippen LogP contribution is 2.42. The highest BCUT2D eigenvalue weighted by Gasteiger charge is 2.34. The quantitative estimate of drug-likeness (QED) is 0.652. The van der Waals surface area contributed by atoms with Gasteiger partial charge in [-0.2, -0.15) is 0 Å². The average molecular weight is 197 g/mol. The molecule has 0 aromatic carbocycles. The van der Waals surface area contributed by atoms with Crippen LogP contribution in [-0.2, 0) is 0 Å². The molecule has 0 radical (unpaired) electrons. The number of nitrogens with one attached hydrogen (secondary N) is 1. The van der Waals surface area contributed by atoms with Crippen LogP contribution in [0.5, 0.6) is 0 Å². The number of amidine groups is 1. The van der Waals surface area contributed by atoms with E-state index < -0.39 is 0 Å². The summed E-state index contributed by atoms with van der Waals surface area (Å²) in [5.41, 5.74) is 1.12. The van der Waals surface area contributed by atoms with Crippen LogP contribution >= 0.6 is 11.8 Å². The standard InChI is InChI=1S/C8H11N3OS/c1-4-8-6(10-5(2)9-4)3-7(11-12)13-8/h6-7H,3H2,1-2H3,(H,9,10). The Morgan fingerprint density at radius 2 is 2.38 bits per heavy atom. The van der Waals surface area contributed by atoms with E-state index in [0.29, 0.717) is 0 Å². The molecule has 2 atom stereocenters. The molecule has 1 fully saturated rings. The summed E-state index contributed by atoms with van der Waals surface area (Å²) in [4.78, 5) is 16.0. The second-order valence-corrected chi connectivity index (χ2v) is 4.48. The number of hydrogen-bond donors (Lipinski definition) is 1. The van der Waals surface area contributed by atoms with Crippen molar-refractivity contribution in [1.29, 1.82) is 0 Å². The Bertz CT molecular complexity index is 311. The van der Waals surface area contributed by atoms with Gasteiger partial charge in [0.15, 0.2) is 0 Å². The van der Waals surface area contributed by atoms with Gasteiger partial charge in [-0.05, 0) is 13.8 Å². The predicted octanol–water partition coefficient (Wildman–Crippen LogP) is 1.84. The molecule has 1 N–H and O–H groups in total. The lowest BCUT2D eigenvalue weighted by Gasteiger charge is -2.18. The fourth-order valence-electron chi connectivity index (χ4n) is 1.68. The minimum Gasteiger partial charge on any atom is -0.347 e. The predicted molar refractivity (Wildman–Crippen MR) is 54.5 cm³/mol. The van der Waals surface area contributed by atoms with Gasteiger partial charge in [0.1, 0.15) is 5.37 Å². The summed E-state index contributed by atoms with van der Waals surface area (Å²) in [5, 5.41) is 6.07. The first-order valence-corrected chi connectivity index (χ1v) is 5.10. The number of thioether (sulfide) groups is 1. The number of nitrogens with zero attached hydrogens (tertiary/aromatic N) is 2. The number of aliphatic imine (C=N–C) groups is 1. The third-order valence-corrected chi connectivity index (χ3v) is 3.58. The lowest BCUT2D eigenvalue weighted by atomic mass is 10.1. The molecule has 4 nitrogen and oxygen atoms in total. The zero-order chi connectivity index (χ0) is 9.42. The highest BCUT2D eigenvalue weighted by molar-refractivity contribution is 8.04. The monoisotopic (exact) mass is 197 g/mol. The maximum Gasteiger partial charge on any atom is 0.144 e. The molecule has 0 saturated carbocycles. The molecule has 0 bridgehead atoms. The van der Waals surface area contributed by atoms with Crippen LogP contribution in [0.25, 0.3) is 0 Å². The lowest BCUT2D eigenvalue weighted by Crippen LogP contribution is -2.27. The van der Waals surface area contributed by atoms with Crippen molar-refractivity contribution in [2.24, 2.45) is 10.2 Å². The van der Waals surface area contributed by atoms with Gasteiger partial charge in [0.2, 0.25) is 0 Å². The Balaban J connectivity index is 2.26. The van der Waals surface area contributed by atoms with Crippen molar-refractivity contribution in [3.63, 3.8) is 0 Å². The summed E-state index contributed by atoms with van der Waals surface area (Å²) in [7, 11) is 0. The van der Waals surface area contributed by atoms with Crippen LogP contribution in [0.3, 0.4) is 0 Å². The van der Waals surface area contributed by atoms with Crippen LogP contribution in [-0.4, -0.2) is 17.3 Å². The van der Waals surface area contributed by atoms with E-state index in [2.05, 4.69) is 15.5 Å². The van der Waals surface area contributed by atoms with Gasteiger partial charge in [-0.15, -0.1) is 4.91 Å². The van der Waals surface area contributed by atoms with E-state index in [1.807, 2.05) is 13.8 Å². The van der Waals surface area contributed by atoms with Crippen molar-refractivity contribution in [3.8, 4) is 0 Å². The van der Waals surface area contributed by atoms with Crippen molar-refractivity contribution in [2.75, 3.05) is 0 Å². The Morgan fingerprint density at radius 1 is 1.62 bits per heavy atom. The molecular weight excluding hydrogens is 186 g/mol. The summed E-state index contributed by atoms with van der Waals surface area (Å²) >= 11 is 1.54. The first-order chi connectivity index (χ1) is 6.20. The third-order valence-electron chi connectivity index (χ3n) is 2.20. The first kappa shape index (κ1) is 8.74. The summed E-state index contributed by atoms with van der Waals surface area (Å²) < 4.78 is 0. The zero-order valence-corrected chi connectivity index (χ0v) is 8.39. The van der Waals surface area contributed by atoms with Gasteiger partial charge in [0.05, 0.1) is 11.9 Å². The van der Waals surface area contributed by atoms with Gasteiger partial charge in [0.25, 0.3) is 0 Å². The molecule has 2 unspecified atom stereocenters.